The van der Waals surface area contributed by atoms with Crippen molar-refractivity contribution in [1.29, 1.82) is 0 Å². The number of hydrogen-bond donors (Lipinski definition) is 2. The minimum atomic E-state index is -2.65. The molecule has 0 bridgehead atoms. The van der Waals surface area contributed by atoms with Gasteiger partial charge in [0.15, 0.2) is 0 Å². The lowest BCUT2D eigenvalue weighted by atomic mass is 10.0. The van der Waals surface area contributed by atoms with Crippen molar-refractivity contribution in [2.75, 3.05) is 11.1 Å². The minimum absolute atomic E-state index is 0.0905. The average Bonchev–Trinajstić information content (AvgIpc) is 3.61. The van der Waals surface area contributed by atoms with Crippen molar-refractivity contribution < 1.29 is 5.48 Å². The third-order valence-electron chi connectivity index (χ3n) is 6.25. The Hall–Kier alpha value is -4.91. The van der Waals surface area contributed by atoms with Crippen LogP contribution in [0.4, 0.5) is 11.6 Å². The van der Waals surface area contributed by atoms with Gasteiger partial charge in [0, 0.05) is 29.1 Å². The molecule has 0 amide bonds. The van der Waals surface area contributed by atoms with Crippen molar-refractivity contribution in [2.45, 2.75) is 19.9 Å². The monoisotopic (exact) mass is 546 g/mol. The Labute approximate surface area is 231 Å². The number of anilines is 2. The molecule has 14 heteroatoms. The molecule has 5 heterocycles. The molecule has 0 saturated heterocycles. The number of nitrogen functional groups attached to an aromatic ring is 1. The normalized spacial score (nSPS) is 15.0. The highest BCUT2D eigenvalue weighted by molar-refractivity contribution is 6.29. The molecule has 5 aromatic heterocycles. The molecule has 39 heavy (non-hydrogen) atoms. The number of pyridine rings is 1. The lowest BCUT2D eigenvalue weighted by Gasteiger charge is -2.21. The van der Waals surface area contributed by atoms with Crippen LogP contribution in [0.1, 0.15) is 29.6 Å². The van der Waals surface area contributed by atoms with Crippen LogP contribution in [-0.2, 0) is 14.0 Å². The molecule has 0 fully saturated rings. The lowest BCUT2D eigenvalue weighted by Crippen LogP contribution is -2.21. The predicted molar refractivity (Wildman–Crippen MR) is 147 cm³/mol. The van der Waals surface area contributed by atoms with Gasteiger partial charge in [-0.15, -0.1) is 10.2 Å². The van der Waals surface area contributed by atoms with Crippen molar-refractivity contribution in [3.63, 3.8) is 0 Å². The van der Waals surface area contributed by atoms with E-state index in [0.717, 1.165) is 5.56 Å². The Morgan fingerprint density at radius 1 is 1.18 bits per heavy atom. The molecular weight excluding hydrogens is 520 g/mol. The summed E-state index contributed by atoms with van der Waals surface area (Å²) in [6, 6.07) is 5.06. The quantitative estimate of drug-likeness (QED) is 0.308. The summed E-state index contributed by atoms with van der Waals surface area (Å²) in [5, 5.41) is 15.0. The zero-order valence-electron chi connectivity index (χ0n) is 24.9. The van der Waals surface area contributed by atoms with Gasteiger partial charge in [-0.1, -0.05) is 17.7 Å². The number of tetrazole rings is 1. The smallest absolute Gasteiger partial charge is 0.261 e. The summed E-state index contributed by atoms with van der Waals surface area (Å²) in [7, 11) is 1.64. The van der Waals surface area contributed by atoms with Crippen molar-refractivity contribution in [3.8, 4) is 22.8 Å². The molecule has 0 unspecified atom stereocenters. The average molecular weight is 547 g/mol. The first kappa shape index (κ1) is 20.1. The fourth-order valence-electron chi connectivity index (χ4n) is 4.54. The van der Waals surface area contributed by atoms with E-state index in [2.05, 4.69) is 40.7 Å². The van der Waals surface area contributed by atoms with Gasteiger partial charge in [0.1, 0.15) is 28.5 Å². The van der Waals surface area contributed by atoms with E-state index in [1.165, 1.54) is 23.0 Å². The highest BCUT2D eigenvalue weighted by atomic mass is 35.5. The van der Waals surface area contributed by atoms with Crippen LogP contribution in [0.15, 0.2) is 47.8 Å². The number of halogens is 1. The van der Waals surface area contributed by atoms with E-state index in [1.54, 1.807) is 42.9 Å². The van der Waals surface area contributed by atoms with Crippen LogP contribution in [0.3, 0.4) is 0 Å². The van der Waals surface area contributed by atoms with Crippen LogP contribution in [0.5, 0.6) is 0 Å². The van der Waals surface area contributed by atoms with E-state index < -0.39 is 13.0 Å². The van der Waals surface area contributed by atoms with Gasteiger partial charge in [-0.3, -0.25) is 13.8 Å². The standard InChI is InChI=1S/C25H23ClN12O/c1-12-7-15(13(2)31-17-5-6-18(26)32-20(17)22-33-35-37(4)34-22)21-16(8-12)24(39)36(3)23-19(30-11-38(21)23)14-9-28-25(27)29-10-14/h5-11,13,31H,1-4H3,(H2,27,28,29)/t13-/m0/s1/i4D3,13D. The van der Waals surface area contributed by atoms with Crippen LogP contribution in [0.2, 0.25) is 5.15 Å². The molecule has 0 aliphatic rings. The Morgan fingerprint density at radius 2 is 1.97 bits per heavy atom. The molecule has 13 nitrogen and oxygen atoms in total. The molecule has 1 atom stereocenters. The first-order valence-corrected chi connectivity index (χ1v) is 12.0. The van der Waals surface area contributed by atoms with Crippen LogP contribution >= 0.6 is 11.6 Å². The van der Waals surface area contributed by atoms with Gasteiger partial charge in [-0.2, -0.15) is 4.80 Å². The fraction of sp³-hybridized carbons (Fsp3) is 0.200. The molecule has 6 aromatic rings. The summed E-state index contributed by atoms with van der Waals surface area (Å²) in [6.45, 7) is 0.794. The zero-order valence-corrected chi connectivity index (χ0v) is 21.6. The van der Waals surface area contributed by atoms with E-state index in [9.17, 15) is 6.17 Å². The summed E-state index contributed by atoms with van der Waals surface area (Å²) < 4.78 is 35.4. The van der Waals surface area contributed by atoms with E-state index in [0.29, 0.717) is 38.2 Å². The second kappa shape index (κ2) is 9.13. The number of imidazole rings is 1. The largest absolute Gasteiger partial charge is 0.377 e. The van der Waals surface area contributed by atoms with Crippen LogP contribution in [0, 0.1) is 6.92 Å². The van der Waals surface area contributed by atoms with Crippen LogP contribution in [-0.4, -0.2) is 49.1 Å². The molecule has 0 aliphatic carbocycles. The first-order valence-electron chi connectivity index (χ1n) is 13.6. The van der Waals surface area contributed by atoms with Gasteiger partial charge >= 0.3 is 0 Å². The second-order valence-corrected chi connectivity index (χ2v) is 9.26. The molecule has 0 spiro atoms. The van der Waals surface area contributed by atoms with Crippen LogP contribution < -0.4 is 16.6 Å². The van der Waals surface area contributed by atoms with Crippen molar-refractivity contribution in [3.05, 3.63) is 69.6 Å². The van der Waals surface area contributed by atoms with Crippen molar-refractivity contribution in [2.24, 2.45) is 14.0 Å². The Balaban J connectivity index is 1.55. The maximum Gasteiger partial charge on any atom is 0.261 e. The summed E-state index contributed by atoms with van der Waals surface area (Å²) >= 11 is 6.17. The summed E-state index contributed by atoms with van der Waals surface area (Å²) in [5.74, 6) is -0.000114. The third kappa shape index (κ3) is 4.12. The fourth-order valence-corrected chi connectivity index (χ4v) is 4.69. The first-order chi connectivity index (χ1) is 20.2. The molecular formula is C25H23ClN12O. The number of nitrogens with two attached hydrogens (primary N) is 1. The maximum atomic E-state index is 13.7. The van der Waals surface area contributed by atoms with E-state index in [4.69, 9.17) is 21.4 Å². The molecule has 3 N–H and O–H groups in total. The Kier molecular flexibility index (Phi) is 4.71. The maximum absolute atomic E-state index is 13.7. The number of nitrogens with one attached hydrogen (secondary N) is 1. The lowest BCUT2D eigenvalue weighted by molar-refractivity contribution is 0.630. The van der Waals surface area contributed by atoms with Crippen molar-refractivity contribution in [1.82, 2.24) is 49.1 Å². The highest BCUT2D eigenvalue weighted by Crippen LogP contribution is 2.33. The zero-order chi connectivity index (χ0) is 30.8. The van der Waals surface area contributed by atoms with Crippen molar-refractivity contribution >= 4 is 39.8 Å². The van der Waals surface area contributed by atoms with Gasteiger partial charge < -0.3 is 11.1 Å². The number of hydrogen-bond acceptors (Lipinski definition) is 10. The number of fused-ring (bicyclic) bond motifs is 3. The van der Waals surface area contributed by atoms with E-state index in [1.807, 2.05) is 6.92 Å². The second-order valence-electron chi connectivity index (χ2n) is 8.87. The van der Waals surface area contributed by atoms with Crippen LogP contribution in [0.25, 0.3) is 39.3 Å². The summed E-state index contributed by atoms with van der Waals surface area (Å²) in [6.07, 6.45) is 4.62. The van der Waals surface area contributed by atoms with Gasteiger partial charge in [-0.05, 0) is 48.4 Å². The minimum Gasteiger partial charge on any atom is -0.377 e. The molecule has 0 aliphatic heterocycles. The number of nitrogens with zero attached hydrogens (tertiary/aromatic N) is 10. The predicted octanol–water partition coefficient (Wildman–Crippen LogP) is 2.95. The highest BCUT2D eigenvalue weighted by Gasteiger charge is 2.22. The van der Waals surface area contributed by atoms with E-state index in [-0.39, 0.29) is 33.9 Å². The Morgan fingerprint density at radius 3 is 2.72 bits per heavy atom. The topological polar surface area (TPSA) is 160 Å². The van der Waals surface area contributed by atoms with Gasteiger partial charge in [0.25, 0.3) is 5.56 Å². The number of benzene rings is 1. The molecule has 6 rings (SSSR count). The Bertz CT molecular complexity index is 2100. The molecule has 0 radical (unpaired) electrons. The molecule has 196 valence electrons. The van der Waals surface area contributed by atoms with Gasteiger partial charge in [0.2, 0.25) is 11.8 Å². The third-order valence-corrected chi connectivity index (χ3v) is 6.46. The number of aromatic nitrogens is 10. The van der Waals surface area contributed by atoms with Gasteiger partial charge in [-0.25, -0.2) is 19.9 Å². The molecule has 0 saturated carbocycles. The summed E-state index contributed by atoms with van der Waals surface area (Å²) in [4.78, 5) is 31.2. The molecule has 1 aromatic carbocycles. The van der Waals surface area contributed by atoms with E-state index >= 15 is 0 Å². The number of aryl methyl sites for hydroxylation is 3. The van der Waals surface area contributed by atoms with Gasteiger partial charge in [0.05, 0.1) is 31.0 Å². The summed E-state index contributed by atoms with van der Waals surface area (Å²) in [5.41, 5.74) is 8.88. The number of rotatable bonds is 5. The SMILES string of the molecule is [2H]C([2H])([2H])n1nnc(-c2nc(Cl)ccc2N[C@@]([2H])(C)c2cc(C)cc3c(=O)n(C)c4c(-c5cnc(N)nc5)ncn4c23)n1.